The predicted molar refractivity (Wildman–Crippen MR) is 73.1 cm³/mol. The second-order valence-corrected chi connectivity index (χ2v) is 4.53. The van der Waals surface area contributed by atoms with Crippen LogP contribution in [0.25, 0.3) is 0 Å². The predicted octanol–water partition coefficient (Wildman–Crippen LogP) is 1.08. The van der Waals surface area contributed by atoms with E-state index in [9.17, 15) is 9.50 Å². The van der Waals surface area contributed by atoms with Gasteiger partial charge in [0.15, 0.2) is 11.6 Å². The molecule has 114 valence electrons. The van der Waals surface area contributed by atoms with Crippen LogP contribution in [0.4, 0.5) is 4.39 Å². The van der Waals surface area contributed by atoms with Crippen LogP contribution >= 0.6 is 0 Å². The van der Waals surface area contributed by atoms with Gasteiger partial charge in [0.1, 0.15) is 12.7 Å². The molecular formula is C14H22FNO4. The zero-order chi connectivity index (χ0) is 15.0. The minimum Gasteiger partial charge on any atom is -0.488 e. The summed E-state index contributed by atoms with van der Waals surface area (Å²) in [6.07, 6.45) is -0.946. The SMILES string of the molecule is COCC(C)OCC(O)COc1ccc(CN)cc1F. The zero-order valence-corrected chi connectivity index (χ0v) is 11.8. The number of aliphatic hydroxyl groups excluding tert-OH is 1. The molecule has 0 aliphatic rings. The van der Waals surface area contributed by atoms with E-state index in [0.717, 1.165) is 0 Å². The topological polar surface area (TPSA) is 73.9 Å². The quantitative estimate of drug-likeness (QED) is 0.711. The Morgan fingerprint density at radius 1 is 1.30 bits per heavy atom. The standard InChI is InChI=1S/C14H22FNO4/c1-10(7-18-2)19-8-12(17)9-20-14-4-3-11(6-16)5-13(14)15/h3-5,10,12,17H,6-9,16H2,1-2H3. The Morgan fingerprint density at radius 2 is 2.05 bits per heavy atom. The lowest BCUT2D eigenvalue weighted by Gasteiger charge is -2.16. The molecule has 0 heterocycles. The molecule has 1 aromatic carbocycles. The van der Waals surface area contributed by atoms with Crippen molar-refractivity contribution in [2.75, 3.05) is 26.9 Å². The van der Waals surface area contributed by atoms with E-state index >= 15 is 0 Å². The summed E-state index contributed by atoms with van der Waals surface area (Å²) in [5.74, 6) is -0.403. The lowest BCUT2D eigenvalue weighted by atomic mass is 10.2. The third kappa shape index (κ3) is 5.83. The van der Waals surface area contributed by atoms with Gasteiger partial charge in [-0.3, -0.25) is 0 Å². The van der Waals surface area contributed by atoms with Crippen LogP contribution in [-0.4, -0.2) is 44.2 Å². The molecule has 6 heteroatoms. The molecule has 20 heavy (non-hydrogen) atoms. The first-order valence-electron chi connectivity index (χ1n) is 6.46. The van der Waals surface area contributed by atoms with Crippen LogP contribution < -0.4 is 10.5 Å². The van der Waals surface area contributed by atoms with Gasteiger partial charge < -0.3 is 25.1 Å². The minimum absolute atomic E-state index is 0.0431. The molecule has 0 aliphatic heterocycles. The van der Waals surface area contributed by atoms with Gasteiger partial charge in [0.2, 0.25) is 0 Å². The maximum absolute atomic E-state index is 13.6. The van der Waals surface area contributed by atoms with Crippen LogP contribution in [-0.2, 0) is 16.0 Å². The molecule has 0 spiro atoms. The number of methoxy groups -OCH3 is 1. The molecule has 0 aromatic heterocycles. The van der Waals surface area contributed by atoms with Gasteiger partial charge in [-0.05, 0) is 24.6 Å². The summed E-state index contributed by atoms with van der Waals surface area (Å²) in [7, 11) is 1.58. The summed E-state index contributed by atoms with van der Waals surface area (Å²) in [5.41, 5.74) is 6.10. The largest absolute Gasteiger partial charge is 0.488 e. The minimum atomic E-state index is -0.831. The first-order valence-corrected chi connectivity index (χ1v) is 6.46. The second kappa shape index (κ2) is 8.86. The number of nitrogens with two attached hydrogens (primary N) is 1. The van der Waals surface area contributed by atoms with E-state index in [1.54, 1.807) is 13.2 Å². The maximum Gasteiger partial charge on any atom is 0.165 e. The lowest BCUT2D eigenvalue weighted by Crippen LogP contribution is -2.27. The highest BCUT2D eigenvalue weighted by Crippen LogP contribution is 2.18. The molecule has 3 N–H and O–H groups in total. The molecule has 0 fully saturated rings. The summed E-state index contributed by atoms with van der Waals surface area (Å²) >= 11 is 0. The maximum atomic E-state index is 13.6. The van der Waals surface area contributed by atoms with E-state index in [1.165, 1.54) is 12.1 Å². The van der Waals surface area contributed by atoms with E-state index in [4.69, 9.17) is 19.9 Å². The van der Waals surface area contributed by atoms with Crippen molar-refractivity contribution in [3.63, 3.8) is 0 Å². The van der Waals surface area contributed by atoms with Crippen LogP contribution in [0.1, 0.15) is 12.5 Å². The summed E-state index contributed by atoms with van der Waals surface area (Å²) < 4.78 is 29.0. The number of hydrogen-bond acceptors (Lipinski definition) is 5. The Bertz CT molecular complexity index is 403. The molecule has 2 unspecified atom stereocenters. The van der Waals surface area contributed by atoms with E-state index in [1.807, 2.05) is 6.92 Å². The van der Waals surface area contributed by atoms with E-state index < -0.39 is 11.9 Å². The number of halogens is 1. The molecule has 2 atom stereocenters. The van der Waals surface area contributed by atoms with Gasteiger partial charge in [0.25, 0.3) is 0 Å². The van der Waals surface area contributed by atoms with Crippen molar-refractivity contribution >= 4 is 0 Å². The molecular weight excluding hydrogens is 265 g/mol. The van der Waals surface area contributed by atoms with Gasteiger partial charge in [-0.25, -0.2) is 4.39 Å². The van der Waals surface area contributed by atoms with E-state index in [-0.39, 0.29) is 31.6 Å². The molecule has 1 rings (SSSR count). The van der Waals surface area contributed by atoms with Crippen molar-refractivity contribution in [1.82, 2.24) is 0 Å². The van der Waals surface area contributed by atoms with Crippen molar-refractivity contribution in [3.05, 3.63) is 29.6 Å². The second-order valence-electron chi connectivity index (χ2n) is 4.53. The highest BCUT2D eigenvalue weighted by molar-refractivity contribution is 5.29. The average molecular weight is 287 g/mol. The molecule has 5 nitrogen and oxygen atoms in total. The first-order chi connectivity index (χ1) is 9.56. The van der Waals surface area contributed by atoms with Crippen LogP contribution in [0.3, 0.4) is 0 Å². The lowest BCUT2D eigenvalue weighted by molar-refractivity contribution is -0.0425. The first kappa shape index (κ1) is 16.8. The van der Waals surface area contributed by atoms with Crippen LogP contribution in [0.15, 0.2) is 18.2 Å². The van der Waals surface area contributed by atoms with E-state index in [0.29, 0.717) is 12.2 Å². The highest BCUT2D eigenvalue weighted by Gasteiger charge is 2.11. The Kier molecular flexibility index (Phi) is 7.46. The fourth-order valence-corrected chi connectivity index (χ4v) is 1.58. The average Bonchev–Trinajstić information content (AvgIpc) is 2.44. The smallest absolute Gasteiger partial charge is 0.165 e. The molecule has 0 saturated heterocycles. The van der Waals surface area contributed by atoms with Crippen LogP contribution in [0.5, 0.6) is 5.75 Å². The fraction of sp³-hybridized carbons (Fsp3) is 0.571. The van der Waals surface area contributed by atoms with Crippen molar-refractivity contribution in [3.8, 4) is 5.75 Å². The normalized spacial score (nSPS) is 14.1. The van der Waals surface area contributed by atoms with Gasteiger partial charge in [-0.15, -0.1) is 0 Å². The number of benzene rings is 1. The summed E-state index contributed by atoms with van der Waals surface area (Å²) in [5, 5.41) is 9.69. The number of hydrogen-bond donors (Lipinski definition) is 2. The monoisotopic (exact) mass is 287 g/mol. The summed E-state index contributed by atoms with van der Waals surface area (Å²) in [4.78, 5) is 0. The summed E-state index contributed by atoms with van der Waals surface area (Å²) in [6.45, 7) is 2.61. The molecule has 1 aromatic rings. The molecule has 0 amide bonds. The number of rotatable bonds is 9. The van der Waals surface area contributed by atoms with Crippen LogP contribution in [0, 0.1) is 5.82 Å². The van der Waals surface area contributed by atoms with Gasteiger partial charge in [0, 0.05) is 13.7 Å². The van der Waals surface area contributed by atoms with E-state index in [2.05, 4.69) is 0 Å². The van der Waals surface area contributed by atoms with Gasteiger partial charge >= 0.3 is 0 Å². The Balaban J connectivity index is 2.35. The Labute approximate surface area is 118 Å². The molecule has 0 aliphatic carbocycles. The van der Waals surface area contributed by atoms with Crippen molar-refractivity contribution in [2.45, 2.75) is 25.7 Å². The third-order valence-corrected chi connectivity index (χ3v) is 2.64. The van der Waals surface area contributed by atoms with Gasteiger partial charge in [0.05, 0.1) is 19.3 Å². The summed E-state index contributed by atoms with van der Waals surface area (Å²) in [6, 6.07) is 4.50. The highest BCUT2D eigenvalue weighted by atomic mass is 19.1. The number of ether oxygens (including phenoxy) is 3. The van der Waals surface area contributed by atoms with Crippen molar-refractivity contribution < 1.29 is 23.7 Å². The number of aliphatic hydroxyl groups is 1. The molecule has 0 bridgehead atoms. The third-order valence-electron chi connectivity index (χ3n) is 2.64. The molecule has 0 radical (unpaired) electrons. The van der Waals surface area contributed by atoms with Crippen LogP contribution in [0.2, 0.25) is 0 Å². The Morgan fingerprint density at radius 3 is 2.65 bits per heavy atom. The van der Waals surface area contributed by atoms with Gasteiger partial charge in [-0.2, -0.15) is 0 Å². The Hall–Kier alpha value is -1.21. The fourth-order valence-electron chi connectivity index (χ4n) is 1.58. The zero-order valence-electron chi connectivity index (χ0n) is 11.8. The van der Waals surface area contributed by atoms with Gasteiger partial charge in [-0.1, -0.05) is 6.07 Å². The molecule has 0 saturated carbocycles. The van der Waals surface area contributed by atoms with Crippen molar-refractivity contribution in [1.29, 1.82) is 0 Å². The van der Waals surface area contributed by atoms with Crippen molar-refractivity contribution in [2.24, 2.45) is 5.73 Å².